The van der Waals surface area contributed by atoms with Gasteiger partial charge in [0, 0.05) is 11.1 Å². The lowest BCUT2D eigenvalue weighted by atomic mass is 9.49. The lowest BCUT2D eigenvalue weighted by Crippen LogP contribution is -2.56. The van der Waals surface area contributed by atoms with Crippen molar-refractivity contribution >= 4 is 29.5 Å². The van der Waals surface area contributed by atoms with Crippen LogP contribution in [0.3, 0.4) is 0 Å². The molecule has 166 valence electrons. The predicted molar refractivity (Wildman–Crippen MR) is 113 cm³/mol. The number of amides is 4. The monoisotopic (exact) mass is 427 g/mol. The van der Waals surface area contributed by atoms with E-state index in [1.54, 1.807) is 37.3 Å². The molecule has 0 radical (unpaired) electrons. The molecular formula is C23H29N3O5. The molecule has 4 saturated carbocycles. The molecule has 8 nitrogen and oxygen atoms in total. The Hall–Kier alpha value is -2.90. The van der Waals surface area contributed by atoms with Crippen LogP contribution in [0.15, 0.2) is 30.3 Å². The smallest absolute Gasteiger partial charge is 0.328 e. The van der Waals surface area contributed by atoms with Gasteiger partial charge in [0.1, 0.15) is 6.04 Å². The summed E-state index contributed by atoms with van der Waals surface area (Å²) in [6.07, 6.45) is 6.42. The third kappa shape index (κ3) is 4.89. The van der Waals surface area contributed by atoms with Gasteiger partial charge in [-0.1, -0.05) is 18.2 Å². The minimum absolute atomic E-state index is 0.0669. The average Bonchev–Trinajstić information content (AvgIpc) is 2.71. The summed E-state index contributed by atoms with van der Waals surface area (Å²) in [5.41, 5.74) is 0.182. The van der Waals surface area contributed by atoms with E-state index in [0.29, 0.717) is 23.4 Å². The molecule has 0 heterocycles. The highest BCUT2D eigenvalue weighted by Gasteiger charge is 2.54. The van der Waals surface area contributed by atoms with Crippen LogP contribution < -0.4 is 16.0 Å². The van der Waals surface area contributed by atoms with Crippen molar-refractivity contribution in [2.45, 2.75) is 51.5 Å². The maximum atomic E-state index is 13.0. The minimum Gasteiger partial charge on any atom is -0.454 e. The zero-order valence-corrected chi connectivity index (χ0v) is 17.7. The van der Waals surface area contributed by atoms with Gasteiger partial charge in [0.2, 0.25) is 5.91 Å². The van der Waals surface area contributed by atoms with Crippen LogP contribution in [0.1, 0.15) is 45.4 Å². The van der Waals surface area contributed by atoms with E-state index in [0.717, 1.165) is 19.3 Å². The van der Waals surface area contributed by atoms with Crippen molar-refractivity contribution in [1.82, 2.24) is 10.6 Å². The topological polar surface area (TPSA) is 114 Å². The highest BCUT2D eigenvalue weighted by Crippen LogP contribution is 2.60. The van der Waals surface area contributed by atoms with Crippen LogP contribution in [-0.2, 0) is 19.1 Å². The van der Waals surface area contributed by atoms with Gasteiger partial charge in [0.05, 0.1) is 0 Å². The van der Waals surface area contributed by atoms with Gasteiger partial charge in [-0.3, -0.25) is 14.9 Å². The summed E-state index contributed by atoms with van der Waals surface area (Å²) in [6, 6.07) is 7.09. The van der Waals surface area contributed by atoms with Gasteiger partial charge in [-0.2, -0.15) is 0 Å². The van der Waals surface area contributed by atoms with Crippen LogP contribution in [0.4, 0.5) is 10.5 Å². The van der Waals surface area contributed by atoms with Gasteiger partial charge in [0.25, 0.3) is 5.91 Å². The lowest BCUT2D eigenvalue weighted by Gasteiger charge is -2.55. The molecule has 0 unspecified atom stereocenters. The Balaban J connectivity index is 1.21. The summed E-state index contributed by atoms with van der Waals surface area (Å²) in [5, 5.41) is 7.41. The Bertz CT molecular complexity index is 834. The van der Waals surface area contributed by atoms with Crippen LogP contribution in [0.5, 0.6) is 0 Å². The van der Waals surface area contributed by atoms with E-state index >= 15 is 0 Å². The first kappa shape index (κ1) is 21.3. The second kappa shape index (κ2) is 8.69. The number of ether oxygens (including phenoxy) is 1. The number of rotatable bonds is 6. The first-order valence-corrected chi connectivity index (χ1v) is 11.0. The zero-order valence-electron chi connectivity index (χ0n) is 17.7. The maximum absolute atomic E-state index is 13.0. The Labute approximate surface area is 181 Å². The van der Waals surface area contributed by atoms with Gasteiger partial charge in [-0.25, -0.2) is 9.59 Å². The van der Waals surface area contributed by atoms with Gasteiger partial charge in [-0.05, 0) is 75.3 Å². The van der Waals surface area contributed by atoms with E-state index in [1.165, 1.54) is 19.3 Å². The normalized spacial score (nSPS) is 29.0. The van der Waals surface area contributed by atoms with Gasteiger partial charge < -0.3 is 15.4 Å². The fourth-order valence-electron chi connectivity index (χ4n) is 5.91. The van der Waals surface area contributed by atoms with Crippen molar-refractivity contribution in [2.24, 2.45) is 23.2 Å². The molecule has 5 rings (SSSR count). The number of carbonyl (C=O) groups excluding carboxylic acids is 4. The predicted octanol–water partition coefficient (Wildman–Crippen LogP) is 2.60. The fraction of sp³-hybridized carbons (Fsp3) is 0.565. The third-order valence-electron chi connectivity index (χ3n) is 6.85. The van der Waals surface area contributed by atoms with Gasteiger partial charge in [-0.15, -0.1) is 0 Å². The number of urea groups is 1. The summed E-state index contributed by atoms with van der Waals surface area (Å²) >= 11 is 0. The molecule has 1 aromatic carbocycles. The number of carbonyl (C=O) groups is 4. The summed E-state index contributed by atoms with van der Waals surface area (Å²) in [4.78, 5) is 49.0. The summed E-state index contributed by atoms with van der Waals surface area (Å²) < 4.78 is 4.99. The first-order chi connectivity index (χ1) is 14.8. The van der Waals surface area contributed by atoms with E-state index in [2.05, 4.69) is 16.0 Å². The lowest BCUT2D eigenvalue weighted by molar-refractivity contribution is -0.155. The van der Waals surface area contributed by atoms with E-state index in [4.69, 9.17) is 4.74 Å². The van der Waals surface area contributed by atoms with Crippen LogP contribution in [0.2, 0.25) is 0 Å². The van der Waals surface area contributed by atoms with Crippen molar-refractivity contribution in [2.75, 3.05) is 11.9 Å². The Morgan fingerprint density at radius 1 is 1.00 bits per heavy atom. The second-order valence-electron chi connectivity index (χ2n) is 9.37. The van der Waals surface area contributed by atoms with Crippen LogP contribution in [0, 0.1) is 23.2 Å². The molecule has 4 bridgehead atoms. The molecule has 0 spiro atoms. The Kier molecular flexibility index (Phi) is 5.98. The highest BCUT2D eigenvalue weighted by atomic mass is 16.5. The van der Waals surface area contributed by atoms with Crippen molar-refractivity contribution < 1.29 is 23.9 Å². The number of benzene rings is 1. The minimum atomic E-state index is -0.855. The number of imide groups is 1. The highest BCUT2D eigenvalue weighted by molar-refractivity contribution is 6.02. The van der Waals surface area contributed by atoms with E-state index < -0.39 is 30.6 Å². The molecule has 4 fully saturated rings. The number of para-hydroxylation sites is 1. The molecule has 4 aliphatic rings. The number of esters is 1. The molecule has 0 aromatic heterocycles. The molecule has 3 N–H and O–H groups in total. The largest absolute Gasteiger partial charge is 0.454 e. The molecule has 8 heteroatoms. The molecule has 0 aliphatic heterocycles. The zero-order chi connectivity index (χ0) is 22.0. The fourth-order valence-corrected chi connectivity index (χ4v) is 5.91. The standard InChI is InChI=1S/C23H29N3O5/c1-14(24-21(29)23-10-15-7-16(11-23)9-17(8-15)12-23)20(28)31-13-19(27)26-22(30)25-18-5-3-2-4-6-18/h2-6,14-17H,7-13H2,1H3,(H,24,29)(H2,25,26,27,30)/t14-,15?,16?,17?,23?/m0/s1. The molecule has 0 saturated heterocycles. The first-order valence-electron chi connectivity index (χ1n) is 11.0. The van der Waals surface area contributed by atoms with E-state index in [1.807, 2.05) is 0 Å². The van der Waals surface area contributed by atoms with Crippen LogP contribution in [0.25, 0.3) is 0 Å². The van der Waals surface area contributed by atoms with Crippen molar-refractivity contribution in [3.63, 3.8) is 0 Å². The number of hydrogen-bond donors (Lipinski definition) is 3. The molecular weight excluding hydrogens is 398 g/mol. The van der Waals surface area contributed by atoms with E-state index in [-0.39, 0.29) is 11.3 Å². The quantitative estimate of drug-likeness (QED) is 0.604. The molecule has 1 atom stereocenters. The summed E-state index contributed by atoms with van der Waals surface area (Å²) in [6.45, 7) is 0.958. The van der Waals surface area contributed by atoms with Gasteiger partial charge in [0.15, 0.2) is 6.61 Å². The second-order valence-corrected chi connectivity index (χ2v) is 9.37. The van der Waals surface area contributed by atoms with E-state index in [9.17, 15) is 19.2 Å². The van der Waals surface area contributed by atoms with Crippen molar-refractivity contribution in [3.8, 4) is 0 Å². The number of hydrogen-bond acceptors (Lipinski definition) is 5. The summed E-state index contributed by atoms with van der Waals surface area (Å²) in [5.74, 6) is 0.376. The molecule has 4 aliphatic carbocycles. The van der Waals surface area contributed by atoms with Crippen LogP contribution in [-0.4, -0.2) is 36.5 Å². The van der Waals surface area contributed by atoms with Gasteiger partial charge >= 0.3 is 12.0 Å². The van der Waals surface area contributed by atoms with Crippen molar-refractivity contribution in [1.29, 1.82) is 0 Å². The third-order valence-corrected chi connectivity index (χ3v) is 6.85. The van der Waals surface area contributed by atoms with Crippen molar-refractivity contribution in [3.05, 3.63) is 30.3 Å². The maximum Gasteiger partial charge on any atom is 0.328 e. The SMILES string of the molecule is C[C@H](NC(=O)C12CC3CC(CC(C3)C1)C2)C(=O)OCC(=O)NC(=O)Nc1ccccc1. The average molecular weight is 428 g/mol. The molecule has 31 heavy (non-hydrogen) atoms. The Morgan fingerprint density at radius 3 is 2.16 bits per heavy atom. The van der Waals surface area contributed by atoms with Crippen LogP contribution >= 0.6 is 0 Å². The number of anilines is 1. The Morgan fingerprint density at radius 2 is 1.58 bits per heavy atom. The summed E-state index contributed by atoms with van der Waals surface area (Å²) in [7, 11) is 0. The molecule has 1 aromatic rings. The number of nitrogens with one attached hydrogen (secondary N) is 3. The molecule has 4 amide bonds.